The van der Waals surface area contributed by atoms with E-state index < -0.39 is 0 Å². The Morgan fingerprint density at radius 3 is 1.29 bits per heavy atom. The first kappa shape index (κ1) is 18.1. The molecule has 0 aliphatic rings. The van der Waals surface area contributed by atoms with Gasteiger partial charge in [-0.25, -0.2) is 0 Å². The molecule has 0 nitrogen and oxygen atoms in total. The van der Waals surface area contributed by atoms with Gasteiger partial charge in [-0.3, -0.25) is 0 Å². The van der Waals surface area contributed by atoms with E-state index in [0.717, 1.165) is 0 Å². The molecule has 96 valence electrons. The number of benzene rings is 2. The lowest BCUT2D eigenvalue weighted by atomic mass is 10.0. The summed E-state index contributed by atoms with van der Waals surface area (Å²) < 4.78 is 0. The van der Waals surface area contributed by atoms with Crippen LogP contribution < -0.4 is 0 Å². The summed E-state index contributed by atoms with van der Waals surface area (Å²) in [7, 11) is 0. The second kappa shape index (κ2) is 9.89. The number of rotatable bonds is 0. The zero-order valence-electron chi connectivity index (χ0n) is 11.5. The lowest BCUT2D eigenvalue weighted by Gasteiger charge is -2.04. The molecule has 0 aliphatic carbocycles. The van der Waals surface area contributed by atoms with Gasteiger partial charge in [-0.05, 0) is 35.7 Å². The van der Waals surface area contributed by atoms with Crippen molar-refractivity contribution < 1.29 is 0 Å². The van der Waals surface area contributed by atoms with Crippen LogP contribution in [-0.4, -0.2) is 0 Å². The lowest BCUT2D eigenvalue weighted by molar-refractivity contribution is 1.46. The maximum atomic E-state index is 2.16. The second-order valence-corrected chi connectivity index (χ2v) is 3.25. The zero-order chi connectivity index (χ0) is 12.6. The van der Waals surface area contributed by atoms with E-state index >= 15 is 0 Å². The molecule has 2 aromatic carbocycles. The third kappa shape index (κ3) is 4.60. The molecule has 2 rings (SSSR count). The van der Waals surface area contributed by atoms with Gasteiger partial charge in [0.15, 0.2) is 0 Å². The molecular weight excluding hydrogens is 204 g/mol. The molecule has 17 heavy (non-hydrogen) atoms. The molecule has 0 radical (unpaired) electrons. The summed E-state index contributed by atoms with van der Waals surface area (Å²) in [5.74, 6) is 0. The lowest BCUT2D eigenvalue weighted by Crippen LogP contribution is -1.81. The van der Waals surface area contributed by atoms with E-state index in [4.69, 9.17) is 0 Å². The van der Waals surface area contributed by atoms with Crippen molar-refractivity contribution in [3.63, 3.8) is 0 Å². The highest BCUT2D eigenvalue weighted by atomic mass is 14.0. The van der Waals surface area contributed by atoms with Gasteiger partial charge in [0.2, 0.25) is 0 Å². The molecule has 0 N–H and O–H groups in total. The molecule has 0 bridgehead atoms. The summed E-state index contributed by atoms with van der Waals surface area (Å²) in [6, 6.07) is 12.9. The van der Waals surface area contributed by atoms with Crippen molar-refractivity contribution in [1.82, 2.24) is 0 Å². The van der Waals surface area contributed by atoms with Crippen molar-refractivity contribution in [2.24, 2.45) is 0 Å². The van der Waals surface area contributed by atoms with Crippen molar-refractivity contribution in [2.45, 2.75) is 49.0 Å². The van der Waals surface area contributed by atoms with Crippen LogP contribution >= 0.6 is 0 Å². The summed E-state index contributed by atoms with van der Waals surface area (Å²) in [6.45, 7) is 12.3. The fraction of sp³-hybridized carbons (Fsp3) is 0.412. The first-order valence-electron chi connectivity index (χ1n) is 6.24. The van der Waals surface area contributed by atoms with E-state index in [1.54, 1.807) is 0 Å². The molecule has 0 amide bonds. The van der Waals surface area contributed by atoms with Gasteiger partial charge in [0, 0.05) is 0 Å². The molecule has 0 unspecified atom stereocenters. The van der Waals surface area contributed by atoms with Crippen molar-refractivity contribution in [2.75, 3.05) is 0 Å². The van der Waals surface area contributed by atoms with Gasteiger partial charge < -0.3 is 0 Å². The van der Waals surface area contributed by atoms with Crippen LogP contribution in [0.25, 0.3) is 10.8 Å². The third-order valence-corrected chi connectivity index (χ3v) is 2.32. The van der Waals surface area contributed by atoms with Crippen LogP contribution in [0.4, 0.5) is 0 Å². The molecule has 0 aliphatic heterocycles. The standard InChI is InChI=1S/C12H12.2C2H6.CH4/c1-9-5-3-7-11-8-4-6-10(2)12(9)11;2*1-2;/h3-8H,1-2H3;2*1-2H3;1H4. The van der Waals surface area contributed by atoms with Gasteiger partial charge in [0.1, 0.15) is 0 Å². The minimum Gasteiger partial charge on any atom is -0.0776 e. The average molecular weight is 232 g/mol. The molecule has 0 atom stereocenters. The van der Waals surface area contributed by atoms with Crippen LogP contribution in [-0.2, 0) is 0 Å². The van der Waals surface area contributed by atoms with E-state index in [2.05, 4.69) is 50.2 Å². The minimum absolute atomic E-state index is 0. The van der Waals surface area contributed by atoms with Gasteiger partial charge in [0.25, 0.3) is 0 Å². The summed E-state index contributed by atoms with van der Waals surface area (Å²) in [5.41, 5.74) is 2.73. The molecule has 0 spiro atoms. The van der Waals surface area contributed by atoms with Crippen LogP contribution in [0.15, 0.2) is 36.4 Å². The largest absolute Gasteiger partial charge is 0.0776 e. The van der Waals surface area contributed by atoms with Gasteiger partial charge in [-0.2, -0.15) is 0 Å². The van der Waals surface area contributed by atoms with E-state index in [-0.39, 0.29) is 7.43 Å². The van der Waals surface area contributed by atoms with E-state index in [1.807, 2.05) is 27.7 Å². The summed E-state index contributed by atoms with van der Waals surface area (Å²) in [5, 5.41) is 2.75. The van der Waals surface area contributed by atoms with Gasteiger partial charge >= 0.3 is 0 Å². The highest BCUT2D eigenvalue weighted by Crippen LogP contribution is 2.21. The predicted octanol–water partition coefficient (Wildman–Crippen LogP) is 6.15. The Morgan fingerprint density at radius 1 is 0.647 bits per heavy atom. The highest BCUT2D eigenvalue weighted by Gasteiger charge is 1.97. The molecule has 0 heterocycles. The van der Waals surface area contributed by atoms with Gasteiger partial charge in [-0.1, -0.05) is 71.5 Å². The van der Waals surface area contributed by atoms with Crippen LogP contribution in [0.5, 0.6) is 0 Å². The monoisotopic (exact) mass is 232 g/mol. The van der Waals surface area contributed by atoms with E-state index in [1.165, 1.54) is 21.9 Å². The van der Waals surface area contributed by atoms with Crippen LogP contribution in [0.3, 0.4) is 0 Å². The minimum atomic E-state index is 0. The SMILES string of the molecule is C.CC.CC.Cc1cccc2cccc(C)c12. The molecule has 0 aromatic heterocycles. The Morgan fingerprint density at radius 2 is 1.00 bits per heavy atom. The average Bonchev–Trinajstić information content (AvgIpc) is 2.34. The van der Waals surface area contributed by atoms with Crippen LogP contribution in [0.2, 0.25) is 0 Å². The Balaban J connectivity index is 0. The number of aryl methyl sites for hydroxylation is 2. The maximum absolute atomic E-state index is 2.16. The fourth-order valence-corrected chi connectivity index (χ4v) is 1.75. The smallest absolute Gasteiger partial charge is 0.0125 e. The molecular formula is C17H28. The number of hydrogen-bond donors (Lipinski definition) is 0. The highest BCUT2D eigenvalue weighted by molar-refractivity contribution is 5.88. The molecule has 0 saturated heterocycles. The summed E-state index contributed by atoms with van der Waals surface area (Å²) >= 11 is 0. The van der Waals surface area contributed by atoms with Crippen LogP contribution in [0, 0.1) is 13.8 Å². The Bertz CT molecular complexity index is 377. The van der Waals surface area contributed by atoms with Crippen LogP contribution in [0.1, 0.15) is 46.2 Å². The Kier molecular flexibility index (Phi) is 10.5. The topological polar surface area (TPSA) is 0 Å². The quantitative estimate of drug-likeness (QED) is 0.511. The van der Waals surface area contributed by atoms with Gasteiger partial charge in [-0.15, -0.1) is 0 Å². The normalized spacial score (nSPS) is 8.12. The zero-order valence-corrected chi connectivity index (χ0v) is 11.5. The van der Waals surface area contributed by atoms with Crippen molar-refractivity contribution >= 4 is 10.8 Å². The summed E-state index contributed by atoms with van der Waals surface area (Å²) in [6.07, 6.45) is 0. The first-order valence-corrected chi connectivity index (χ1v) is 6.24. The Labute approximate surface area is 108 Å². The van der Waals surface area contributed by atoms with Crippen molar-refractivity contribution in [3.8, 4) is 0 Å². The Hall–Kier alpha value is -1.30. The second-order valence-electron chi connectivity index (χ2n) is 3.25. The van der Waals surface area contributed by atoms with E-state index in [0.29, 0.717) is 0 Å². The third-order valence-electron chi connectivity index (χ3n) is 2.32. The number of hydrogen-bond acceptors (Lipinski definition) is 0. The first-order chi connectivity index (χ1) is 7.79. The molecule has 0 fully saturated rings. The van der Waals surface area contributed by atoms with Crippen molar-refractivity contribution in [3.05, 3.63) is 47.5 Å². The molecule has 0 heteroatoms. The summed E-state index contributed by atoms with van der Waals surface area (Å²) in [4.78, 5) is 0. The van der Waals surface area contributed by atoms with Crippen molar-refractivity contribution in [1.29, 1.82) is 0 Å². The predicted molar refractivity (Wildman–Crippen MR) is 82.8 cm³/mol. The number of fused-ring (bicyclic) bond motifs is 1. The van der Waals surface area contributed by atoms with E-state index in [9.17, 15) is 0 Å². The maximum Gasteiger partial charge on any atom is -0.0125 e. The fourth-order valence-electron chi connectivity index (χ4n) is 1.75. The molecule has 2 aromatic rings. The molecule has 0 saturated carbocycles. The van der Waals surface area contributed by atoms with Gasteiger partial charge in [0.05, 0.1) is 0 Å².